The number of carbonyl (C=O) groups is 1. The predicted octanol–water partition coefficient (Wildman–Crippen LogP) is -2.25. The Bertz CT molecular complexity index is 204. The van der Waals surface area contributed by atoms with E-state index in [0.717, 1.165) is 0 Å². The van der Waals surface area contributed by atoms with Crippen LogP contribution in [-0.4, -0.2) is 17.0 Å². The number of primary amides is 1. The summed E-state index contributed by atoms with van der Waals surface area (Å²) in [6.07, 6.45) is 1.46. The van der Waals surface area contributed by atoms with Gasteiger partial charge in [-0.2, -0.15) is 10.3 Å². The SMILES string of the molecule is N#CN(NNC(N)=O)C(=N)N. The molecule has 0 heterocycles. The maximum absolute atomic E-state index is 10.0. The number of nitrogens with zero attached hydrogens (tertiary/aromatic N) is 2. The van der Waals surface area contributed by atoms with Crippen LogP contribution in [0.5, 0.6) is 0 Å². The fourth-order valence-electron chi connectivity index (χ4n) is 0.250. The first-order valence-corrected chi connectivity index (χ1v) is 2.43. The number of hydrogen-bond acceptors (Lipinski definition) is 4. The van der Waals surface area contributed by atoms with Crippen molar-refractivity contribution in [1.82, 2.24) is 16.0 Å². The normalized spacial score (nSPS) is 7.91. The Morgan fingerprint density at radius 1 is 1.64 bits per heavy atom. The van der Waals surface area contributed by atoms with Crippen molar-refractivity contribution < 1.29 is 4.79 Å². The molecule has 2 amide bonds. The Balaban J connectivity index is 3.82. The molecular formula is C3H7N7O. The first kappa shape index (κ1) is 8.99. The summed E-state index contributed by atoms with van der Waals surface area (Å²) in [7, 11) is 0. The van der Waals surface area contributed by atoms with Gasteiger partial charge in [0.2, 0.25) is 12.2 Å². The lowest BCUT2D eigenvalue weighted by Gasteiger charge is -2.12. The van der Waals surface area contributed by atoms with E-state index in [1.807, 2.05) is 11.0 Å². The lowest BCUT2D eigenvalue weighted by molar-refractivity contribution is 0.234. The van der Waals surface area contributed by atoms with Gasteiger partial charge in [-0.15, -0.1) is 5.53 Å². The maximum atomic E-state index is 10.0. The van der Waals surface area contributed by atoms with E-state index in [1.165, 1.54) is 6.19 Å². The van der Waals surface area contributed by atoms with Crippen LogP contribution in [0.4, 0.5) is 4.79 Å². The summed E-state index contributed by atoms with van der Waals surface area (Å²) in [6, 6.07) is -0.883. The molecule has 0 rings (SSSR count). The summed E-state index contributed by atoms with van der Waals surface area (Å²) in [4.78, 5) is 10.0. The van der Waals surface area contributed by atoms with Crippen molar-refractivity contribution in [3.05, 3.63) is 0 Å². The third kappa shape index (κ3) is 3.55. The highest BCUT2D eigenvalue weighted by Gasteiger charge is 2.03. The second kappa shape index (κ2) is 3.91. The van der Waals surface area contributed by atoms with E-state index in [9.17, 15) is 4.79 Å². The summed E-state index contributed by atoms with van der Waals surface area (Å²) in [5.74, 6) is -0.554. The van der Waals surface area contributed by atoms with Crippen molar-refractivity contribution in [3.63, 3.8) is 0 Å². The van der Waals surface area contributed by atoms with Gasteiger partial charge >= 0.3 is 6.03 Å². The van der Waals surface area contributed by atoms with Crippen molar-refractivity contribution in [2.75, 3.05) is 0 Å². The molecule has 0 aromatic carbocycles. The zero-order valence-corrected chi connectivity index (χ0v) is 5.46. The van der Waals surface area contributed by atoms with Crippen LogP contribution in [0, 0.1) is 16.9 Å². The standard InChI is InChI=1S/C3H7N7O/c4-1-10(2(5)6)9-8-3(7)11/h9H,(H3,5,6)(H3,7,8,11). The topological polar surface area (TPSA) is 144 Å². The zero-order valence-electron chi connectivity index (χ0n) is 5.46. The highest BCUT2D eigenvalue weighted by atomic mass is 16.2. The molecule has 0 saturated heterocycles. The zero-order chi connectivity index (χ0) is 8.85. The van der Waals surface area contributed by atoms with Crippen LogP contribution in [0.15, 0.2) is 0 Å². The second-order valence-corrected chi connectivity index (χ2v) is 1.42. The predicted molar refractivity (Wildman–Crippen MR) is 35.2 cm³/mol. The van der Waals surface area contributed by atoms with Gasteiger partial charge in [-0.3, -0.25) is 10.8 Å². The lowest BCUT2D eigenvalue weighted by Crippen LogP contribution is -2.53. The maximum Gasteiger partial charge on any atom is 0.327 e. The number of urea groups is 1. The summed E-state index contributed by atoms with van der Waals surface area (Å²) < 4.78 is 0. The molecule has 0 saturated carbocycles. The average Bonchev–Trinajstić information content (AvgIpc) is 1.87. The van der Waals surface area contributed by atoms with Gasteiger partial charge in [0.1, 0.15) is 0 Å². The van der Waals surface area contributed by atoms with E-state index < -0.39 is 12.0 Å². The highest BCUT2D eigenvalue weighted by Crippen LogP contribution is 1.70. The molecule has 0 aromatic heterocycles. The van der Waals surface area contributed by atoms with E-state index in [-0.39, 0.29) is 0 Å². The molecule has 0 unspecified atom stereocenters. The van der Waals surface area contributed by atoms with Gasteiger partial charge in [0.25, 0.3) is 0 Å². The summed E-state index contributed by atoms with van der Waals surface area (Å²) in [5, 5.41) is 15.5. The molecule has 7 N–H and O–H groups in total. The molecule has 11 heavy (non-hydrogen) atoms. The van der Waals surface area contributed by atoms with Gasteiger partial charge in [0.05, 0.1) is 0 Å². The molecule has 8 nitrogen and oxygen atoms in total. The molecule has 8 heteroatoms. The Labute approximate surface area is 62.2 Å². The van der Waals surface area contributed by atoms with Gasteiger partial charge in [-0.1, -0.05) is 0 Å². The smallest absolute Gasteiger partial charge is 0.327 e. The number of nitrogens with two attached hydrogens (primary N) is 2. The van der Waals surface area contributed by atoms with Gasteiger partial charge in [-0.25, -0.2) is 4.79 Å². The molecule has 0 fully saturated rings. The summed E-state index contributed by atoms with van der Waals surface area (Å²) in [6.45, 7) is 0. The van der Waals surface area contributed by atoms with Crippen LogP contribution in [0.1, 0.15) is 0 Å². The van der Waals surface area contributed by atoms with Gasteiger partial charge in [0.15, 0.2) is 0 Å². The number of carbonyl (C=O) groups excluding carboxylic acids is 1. The Morgan fingerprint density at radius 2 is 2.18 bits per heavy atom. The minimum atomic E-state index is -0.883. The highest BCUT2D eigenvalue weighted by molar-refractivity contribution is 5.76. The third-order valence-corrected chi connectivity index (χ3v) is 0.632. The number of nitrogens with one attached hydrogen (secondary N) is 3. The van der Waals surface area contributed by atoms with E-state index in [1.54, 1.807) is 0 Å². The van der Waals surface area contributed by atoms with Crippen LogP contribution in [0.25, 0.3) is 0 Å². The van der Waals surface area contributed by atoms with E-state index in [2.05, 4.69) is 5.73 Å². The third-order valence-electron chi connectivity index (χ3n) is 0.632. The van der Waals surface area contributed by atoms with E-state index in [4.69, 9.17) is 16.4 Å². The number of nitriles is 1. The molecule has 60 valence electrons. The number of guanidine groups is 1. The lowest BCUT2D eigenvalue weighted by atomic mass is 10.9. The monoisotopic (exact) mass is 157 g/mol. The molecule has 0 aliphatic rings. The minimum absolute atomic E-state index is 0.519. The number of hydrogen-bond donors (Lipinski definition) is 5. The molecule has 0 aliphatic heterocycles. The minimum Gasteiger partial charge on any atom is -0.368 e. The molecule has 0 bridgehead atoms. The van der Waals surface area contributed by atoms with Crippen molar-refractivity contribution in [3.8, 4) is 6.19 Å². The Morgan fingerprint density at radius 3 is 2.45 bits per heavy atom. The van der Waals surface area contributed by atoms with Crippen LogP contribution < -0.4 is 22.4 Å². The Kier molecular flexibility index (Phi) is 3.20. The van der Waals surface area contributed by atoms with Crippen molar-refractivity contribution in [2.45, 2.75) is 0 Å². The molecule has 0 aromatic rings. The van der Waals surface area contributed by atoms with E-state index >= 15 is 0 Å². The quantitative estimate of drug-likeness (QED) is 0.101. The Hall–Kier alpha value is -2.01. The van der Waals surface area contributed by atoms with Crippen molar-refractivity contribution >= 4 is 12.0 Å². The summed E-state index contributed by atoms with van der Waals surface area (Å²) >= 11 is 0. The molecule has 0 atom stereocenters. The first-order chi connectivity index (χ1) is 5.07. The molecule has 0 spiro atoms. The number of amides is 2. The molecule has 0 radical (unpaired) electrons. The number of hydrazine groups is 2. The average molecular weight is 157 g/mol. The van der Waals surface area contributed by atoms with Crippen LogP contribution in [0.3, 0.4) is 0 Å². The second-order valence-electron chi connectivity index (χ2n) is 1.42. The summed E-state index contributed by atoms with van der Waals surface area (Å²) in [5.41, 5.74) is 13.3. The molecule has 0 aliphatic carbocycles. The van der Waals surface area contributed by atoms with Crippen LogP contribution >= 0.6 is 0 Å². The largest absolute Gasteiger partial charge is 0.368 e. The fraction of sp³-hybridized carbons (Fsp3) is 0. The fourth-order valence-corrected chi connectivity index (χ4v) is 0.250. The van der Waals surface area contributed by atoms with Gasteiger partial charge < -0.3 is 11.5 Å². The number of rotatable bonds is 2. The van der Waals surface area contributed by atoms with Gasteiger partial charge in [0, 0.05) is 0 Å². The van der Waals surface area contributed by atoms with Crippen LogP contribution in [0.2, 0.25) is 0 Å². The molecular weight excluding hydrogens is 150 g/mol. The van der Waals surface area contributed by atoms with Crippen molar-refractivity contribution in [1.29, 1.82) is 10.7 Å². The van der Waals surface area contributed by atoms with Gasteiger partial charge in [-0.05, 0) is 0 Å². The first-order valence-electron chi connectivity index (χ1n) is 2.43. The van der Waals surface area contributed by atoms with Crippen molar-refractivity contribution in [2.24, 2.45) is 11.5 Å². The van der Waals surface area contributed by atoms with E-state index in [0.29, 0.717) is 5.01 Å². The van der Waals surface area contributed by atoms with Crippen LogP contribution in [-0.2, 0) is 0 Å².